The van der Waals surface area contributed by atoms with Crippen molar-refractivity contribution >= 4 is 27.6 Å². The van der Waals surface area contributed by atoms with Gasteiger partial charge in [0.15, 0.2) is 0 Å². The van der Waals surface area contributed by atoms with Crippen LogP contribution in [0.25, 0.3) is 0 Å². The molecule has 0 aromatic heterocycles. The van der Waals surface area contributed by atoms with E-state index in [9.17, 15) is 4.79 Å². The summed E-state index contributed by atoms with van der Waals surface area (Å²) in [5.74, 6) is -1.20. The van der Waals surface area contributed by atoms with Gasteiger partial charge in [0.1, 0.15) is 0 Å². The number of hydrogen-bond donors (Lipinski definition) is 2. The van der Waals surface area contributed by atoms with E-state index in [0.717, 1.165) is 21.3 Å². The Balaban J connectivity index is 2.92. The monoisotopic (exact) mass is 299 g/mol. The molecule has 94 valence electrons. The van der Waals surface area contributed by atoms with Crippen molar-refractivity contribution in [2.24, 2.45) is 5.92 Å². The number of nitrogens with one attached hydrogen (secondary N) is 1. The summed E-state index contributed by atoms with van der Waals surface area (Å²) in [4.78, 5) is 10.9. The number of aryl methyl sites for hydroxylation is 2. The number of rotatable bonds is 4. The third-order valence-corrected chi connectivity index (χ3v) is 3.47. The molecule has 0 bridgehead atoms. The van der Waals surface area contributed by atoms with Crippen LogP contribution in [0.3, 0.4) is 0 Å². The van der Waals surface area contributed by atoms with Gasteiger partial charge in [-0.1, -0.05) is 15.9 Å². The zero-order valence-electron chi connectivity index (χ0n) is 10.5. The van der Waals surface area contributed by atoms with Crippen molar-refractivity contribution in [3.63, 3.8) is 0 Å². The SMILES string of the molecule is Cc1cc(Br)cc(C)c1NC(C)C(C)C(=O)O. The lowest BCUT2D eigenvalue weighted by Crippen LogP contribution is -2.30. The zero-order chi connectivity index (χ0) is 13.2. The standard InChI is InChI=1S/C13H18BrNO2/c1-7-5-11(14)6-8(2)12(7)15-10(4)9(3)13(16)17/h5-6,9-10,15H,1-4H3,(H,16,17). The number of halogens is 1. The van der Waals surface area contributed by atoms with Gasteiger partial charge in [0.05, 0.1) is 5.92 Å². The lowest BCUT2D eigenvalue weighted by Gasteiger charge is -2.22. The highest BCUT2D eigenvalue weighted by Gasteiger charge is 2.20. The first-order valence-corrected chi connectivity index (χ1v) is 6.38. The fourth-order valence-corrected chi connectivity index (χ4v) is 2.39. The van der Waals surface area contributed by atoms with Gasteiger partial charge in [0.2, 0.25) is 0 Å². The van der Waals surface area contributed by atoms with Gasteiger partial charge < -0.3 is 10.4 Å². The molecule has 1 rings (SSSR count). The summed E-state index contributed by atoms with van der Waals surface area (Å²) >= 11 is 3.44. The van der Waals surface area contributed by atoms with Gasteiger partial charge >= 0.3 is 5.97 Å². The van der Waals surface area contributed by atoms with Gasteiger partial charge in [0, 0.05) is 16.2 Å². The fourth-order valence-electron chi connectivity index (χ4n) is 1.70. The Morgan fingerprint density at radius 3 is 2.18 bits per heavy atom. The summed E-state index contributed by atoms with van der Waals surface area (Å²) in [6.45, 7) is 7.62. The van der Waals surface area contributed by atoms with Crippen molar-refractivity contribution in [2.45, 2.75) is 33.7 Å². The molecule has 0 aliphatic heterocycles. The Kier molecular flexibility index (Phi) is 4.57. The molecule has 0 heterocycles. The van der Waals surface area contributed by atoms with Gasteiger partial charge in [-0.2, -0.15) is 0 Å². The predicted octanol–water partition coefficient (Wildman–Crippen LogP) is 3.59. The van der Waals surface area contributed by atoms with E-state index in [-0.39, 0.29) is 6.04 Å². The number of carbonyl (C=O) groups is 1. The summed E-state index contributed by atoms with van der Waals surface area (Å²) in [7, 11) is 0. The van der Waals surface area contributed by atoms with Gasteiger partial charge in [-0.05, 0) is 51.0 Å². The van der Waals surface area contributed by atoms with Gasteiger partial charge in [-0.3, -0.25) is 4.79 Å². The molecular formula is C13H18BrNO2. The smallest absolute Gasteiger partial charge is 0.308 e. The Labute approximate surface area is 110 Å². The molecule has 0 spiro atoms. The average molecular weight is 300 g/mol. The fraction of sp³-hybridized carbons (Fsp3) is 0.462. The van der Waals surface area contributed by atoms with Crippen LogP contribution < -0.4 is 5.32 Å². The van der Waals surface area contributed by atoms with Crippen molar-refractivity contribution in [3.8, 4) is 0 Å². The number of anilines is 1. The van der Waals surface area contributed by atoms with Crippen LogP contribution in [0, 0.1) is 19.8 Å². The van der Waals surface area contributed by atoms with Crippen LogP contribution in [0.2, 0.25) is 0 Å². The molecule has 2 N–H and O–H groups in total. The van der Waals surface area contributed by atoms with Crippen LogP contribution in [-0.2, 0) is 4.79 Å². The molecule has 0 fully saturated rings. The molecule has 0 aliphatic rings. The lowest BCUT2D eigenvalue weighted by molar-refractivity contribution is -0.141. The number of carboxylic acid groups (broad SMARTS) is 1. The third kappa shape index (κ3) is 3.46. The molecule has 0 amide bonds. The first-order valence-electron chi connectivity index (χ1n) is 5.59. The van der Waals surface area contributed by atoms with Crippen molar-refractivity contribution in [1.29, 1.82) is 0 Å². The molecule has 1 aromatic rings. The summed E-state index contributed by atoms with van der Waals surface area (Å²) in [5.41, 5.74) is 3.25. The minimum Gasteiger partial charge on any atom is -0.481 e. The maximum absolute atomic E-state index is 10.9. The van der Waals surface area contributed by atoms with E-state index in [2.05, 4.69) is 21.2 Å². The lowest BCUT2D eigenvalue weighted by atomic mass is 10.0. The normalized spacial score (nSPS) is 14.2. The Morgan fingerprint density at radius 2 is 1.76 bits per heavy atom. The van der Waals surface area contributed by atoms with E-state index in [1.54, 1.807) is 6.92 Å². The van der Waals surface area contributed by atoms with E-state index >= 15 is 0 Å². The molecule has 3 nitrogen and oxygen atoms in total. The third-order valence-electron chi connectivity index (χ3n) is 3.01. The van der Waals surface area contributed by atoms with E-state index in [0.29, 0.717) is 0 Å². The van der Waals surface area contributed by atoms with Crippen molar-refractivity contribution in [2.75, 3.05) is 5.32 Å². The van der Waals surface area contributed by atoms with Gasteiger partial charge in [-0.15, -0.1) is 0 Å². The van der Waals surface area contributed by atoms with Gasteiger partial charge in [-0.25, -0.2) is 0 Å². The molecule has 2 unspecified atom stereocenters. The second-order valence-electron chi connectivity index (χ2n) is 4.47. The predicted molar refractivity (Wildman–Crippen MR) is 73.5 cm³/mol. The summed E-state index contributed by atoms with van der Waals surface area (Å²) < 4.78 is 1.04. The highest BCUT2D eigenvalue weighted by molar-refractivity contribution is 9.10. The molecule has 0 aliphatic carbocycles. The molecule has 2 atom stereocenters. The van der Waals surface area contributed by atoms with Crippen LogP contribution in [-0.4, -0.2) is 17.1 Å². The van der Waals surface area contributed by atoms with Crippen molar-refractivity contribution in [3.05, 3.63) is 27.7 Å². The molecule has 4 heteroatoms. The first kappa shape index (κ1) is 14.0. The van der Waals surface area contributed by atoms with E-state index in [1.165, 1.54) is 0 Å². The molecule has 0 saturated carbocycles. The topological polar surface area (TPSA) is 49.3 Å². The molecular weight excluding hydrogens is 282 g/mol. The van der Waals surface area contributed by atoms with Crippen molar-refractivity contribution in [1.82, 2.24) is 0 Å². The highest BCUT2D eigenvalue weighted by Crippen LogP contribution is 2.26. The molecule has 17 heavy (non-hydrogen) atoms. The van der Waals surface area contributed by atoms with E-state index in [4.69, 9.17) is 5.11 Å². The average Bonchev–Trinajstić information content (AvgIpc) is 2.21. The van der Waals surface area contributed by atoms with Gasteiger partial charge in [0.25, 0.3) is 0 Å². The maximum Gasteiger partial charge on any atom is 0.308 e. The second kappa shape index (κ2) is 5.54. The minimum atomic E-state index is -0.780. The maximum atomic E-state index is 10.9. The number of carboxylic acids is 1. The van der Waals surface area contributed by atoms with Crippen LogP contribution in [0.1, 0.15) is 25.0 Å². The number of hydrogen-bond acceptors (Lipinski definition) is 2. The number of benzene rings is 1. The van der Waals surface area contributed by atoms with Crippen LogP contribution in [0.15, 0.2) is 16.6 Å². The first-order chi connectivity index (χ1) is 7.82. The summed E-state index contributed by atoms with van der Waals surface area (Å²) in [6, 6.07) is 3.94. The highest BCUT2D eigenvalue weighted by atomic mass is 79.9. The molecule has 0 saturated heterocycles. The van der Waals surface area contributed by atoms with E-state index < -0.39 is 11.9 Å². The minimum absolute atomic E-state index is 0.105. The molecule has 1 aromatic carbocycles. The van der Waals surface area contributed by atoms with E-state index in [1.807, 2.05) is 32.9 Å². The summed E-state index contributed by atoms with van der Waals surface area (Å²) in [5, 5.41) is 12.3. The second-order valence-corrected chi connectivity index (χ2v) is 5.39. The number of aliphatic carboxylic acids is 1. The Bertz CT molecular complexity index is 408. The zero-order valence-corrected chi connectivity index (χ0v) is 12.1. The largest absolute Gasteiger partial charge is 0.481 e. The van der Waals surface area contributed by atoms with Crippen LogP contribution >= 0.6 is 15.9 Å². The Hall–Kier alpha value is -1.03. The van der Waals surface area contributed by atoms with Crippen LogP contribution in [0.4, 0.5) is 5.69 Å². The summed E-state index contributed by atoms with van der Waals surface area (Å²) in [6.07, 6.45) is 0. The molecule has 0 radical (unpaired) electrons. The van der Waals surface area contributed by atoms with Crippen molar-refractivity contribution < 1.29 is 9.90 Å². The quantitative estimate of drug-likeness (QED) is 0.893. The van der Waals surface area contributed by atoms with Crippen LogP contribution in [0.5, 0.6) is 0 Å². The Morgan fingerprint density at radius 1 is 1.29 bits per heavy atom.